The lowest BCUT2D eigenvalue weighted by Crippen LogP contribution is -2.54. The van der Waals surface area contributed by atoms with Crippen molar-refractivity contribution in [1.29, 1.82) is 0 Å². The van der Waals surface area contributed by atoms with Crippen LogP contribution in [0.2, 0.25) is 0 Å². The minimum Gasteiger partial charge on any atom is -0.215 e. The minimum atomic E-state index is -7.51. The average Bonchev–Trinajstić information content (AvgIpc) is 2.64. The molecule has 0 aliphatic carbocycles. The summed E-state index contributed by atoms with van der Waals surface area (Å²) in [4.78, 5) is 4.34. The molecule has 24 heteroatoms. The highest BCUT2D eigenvalue weighted by molar-refractivity contribution is 14.1. The molecule has 0 spiro atoms. The molecule has 0 saturated carbocycles. The van der Waals surface area contributed by atoms with Crippen LogP contribution in [0.4, 0.5) is 83.4 Å². The standard InChI is InChI=1S/C12F19I2N3/c13-4(14,7(19,20)10(23,24)25)1-34-2(5(15,16)8(21,32)11(26,27)28)36-3(35-1)6(17,18)9(22,33)12(29,30)31. The molecule has 0 N–H and O–H groups in total. The van der Waals surface area contributed by atoms with E-state index in [1.165, 1.54) is 15.0 Å². The summed E-state index contributed by atoms with van der Waals surface area (Å²) in [5.41, 5.74) is 0. The fourth-order valence-electron chi connectivity index (χ4n) is 1.75. The Balaban J connectivity index is 4.21. The van der Waals surface area contributed by atoms with Gasteiger partial charge in [-0.2, -0.15) is 74.6 Å². The van der Waals surface area contributed by atoms with Crippen molar-refractivity contribution >= 4 is 45.2 Å². The van der Waals surface area contributed by atoms with Crippen molar-refractivity contribution in [1.82, 2.24) is 15.0 Å². The first kappa shape index (κ1) is 33.2. The number of nitrogens with zero attached hydrogens (tertiary/aromatic N) is 3. The Bertz CT molecular complexity index is 841. The van der Waals surface area contributed by atoms with E-state index in [-0.39, 0.29) is 0 Å². The van der Waals surface area contributed by atoms with E-state index in [4.69, 9.17) is 0 Å². The number of halogens is 21. The van der Waals surface area contributed by atoms with Gasteiger partial charge in [0.1, 0.15) is 0 Å². The number of hydrogen-bond acceptors (Lipinski definition) is 3. The van der Waals surface area contributed by atoms with Gasteiger partial charge < -0.3 is 0 Å². The largest absolute Gasteiger partial charge is 0.460 e. The summed E-state index contributed by atoms with van der Waals surface area (Å²) in [7, 11) is 0. The summed E-state index contributed by atoms with van der Waals surface area (Å²) in [6.07, 6.45) is -21.0. The van der Waals surface area contributed by atoms with Gasteiger partial charge in [-0.05, 0) is 45.2 Å². The average molecular weight is 801 g/mol. The van der Waals surface area contributed by atoms with Crippen LogP contribution in [0.15, 0.2) is 0 Å². The smallest absolute Gasteiger partial charge is 0.215 e. The second-order valence-electron chi connectivity index (χ2n) is 6.25. The normalized spacial score (nSPS) is 18.6. The van der Waals surface area contributed by atoms with Gasteiger partial charge in [-0.25, -0.2) is 23.7 Å². The van der Waals surface area contributed by atoms with E-state index < -0.39 is 112 Å². The van der Waals surface area contributed by atoms with Gasteiger partial charge in [0.2, 0.25) is 17.5 Å². The molecule has 0 aromatic carbocycles. The van der Waals surface area contributed by atoms with E-state index in [0.717, 1.165) is 0 Å². The topological polar surface area (TPSA) is 38.7 Å². The zero-order valence-electron chi connectivity index (χ0n) is 15.3. The summed E-state index contributed by atoms with van der Waals surface area (Å²) in [6.45, 7) is 0. The number of rotatable bonds is 6. The third-order valence-corrected chi connectivity index (χ3v) is 6.31. The van der Waals surface area contributed by atoms with Crippen LogP contribution in [0.3, 0.4) is 0 Å². The first-order valence-electron chi connectivity index (χ1n) is 7.56. The number of hydrogen-bond donors (Lipinski definition) is 0. The molecule has 210 valence electrons. The molecule has 1 heterocycles. The van der Waals surface area contributed by atoms with Crippen LogP contribution in [0.25, 0.3) is 0 Å². The van der Waals surface area contributed by atoms with E-state index in [2.05, 4.69) is 0 Å². The number of aromatic nitrogens is 3. The van der Waals surface area contributed by atoms with Gasteiger partial charge in [0.25, 0.3) is 0 Å². The van der Waals surface area contributed by atoms with Gasteiger partial charge in [-0.3, -0.25) is 0 Å². The van der Waals surface area contributed by atoms with Crippen molar-refractivity contribution in [3.05, 3.63) is 17.5 Å². The first-order valence-corrected chi connectivity index (χ1v) is 9.72. The third-order valence-electron chi connectivity index (χ3n) is 3.73. The summed E-state index contributed by atoms with van der Waals surface area (Å²) in [6, 6.07) is 0. The SMILES string of the molecule is FC(F)(F)C(F)(F)C(F)(F)c1nc(C(F)(F)C(F)(I)C(F)(F)F)nc(C(F)(F)C(F)(I)C(F)(F)F)n1. The summed E-state index contributed by atoms with van der Waals surface area (Å²) >= 11 is -1.70. The zero-order valence-corrected chi connectivity index (χ0v) is 19.6. The van der Waals surface area contributed by atoms with Crippen LogP contribution < -0.4 is 0 Å². The lowest BCUT2D eigenvalue weighted by molar-refractivity contribution is -0.361. The molecule has 1 rings (SSSR count). The lowest BCUT2D eigenvalue weighted by Gasteiger charge is -2.32. The van der Waals surface area contributed by atoms with E-state index in [1.54, 1.807) is 0 Å². The maximum Gasteiger partial charge on any atom is 0.460 e. The Labute approximate surface area is 210 Å². The first-order chi connectivity index (χ1) is 15.3. The van der Waals surface area contributed by atoms with Crippen LogP contribution in [0, 0.1) is 0 Å². The van der Waals surface area contributed by atoms with Crippen molar-refractivity contribution in [2.45, 2.75) is 49.6 Å². The molecule has 0 bridgehead atoms. The molecular formula is C12F19I2N3. The molecule has 0 saturated heterocycles. The van der Waals surface area contributed by atoms with Gasteiger partial charge >= 0.3 is 49.6 Å². The minimum absolute atomic E-state index is 0.849. The van der Waals surface area contributed by atoms with Crippen molar-refractivity contribution in [2.75, 3.05) is 0 Å². The predicted molar refractivity (Wildman–Crippen MR) is 90.3 cm³/mol. The lowest BCUT2D eigenvalue weighted by atomic mass is 10.1. The zero-order chi connectivity index (χ0) is 29.4. The summed E-state index contributed by atoms with van der Waals surface area (Å²) in [5.74, 6) is -39.4. The quantitative estimate of drug-likeness (QED) is 0.169. The summed E-state index contributed by atoms with van der Waals surface area (Å²) in [5, 5.41) is 0. The van der Waals surface area contributed by atoms with Crippen molar-refractivity contribution < 1.29 is 83.4 Å². The molecule has 2 atom stereocenters. The Morgan fingerprint density at radius 2 is 0.583 bits per heavy atom. The molecular weight excluding hydrogens is 801 g/mol. The van der Waals surface area contributed by atoms with E-state index >= 15 is 0 Å². The predicted octanol–water partition coefficient (Wildman–Crippen LogP) is 7.67. The van der Waals surface area contributed by atoms with Gasteiger partial charge in [0, 0.05) is 0 Å². The van der Waals surface area contributed by atoms with Gasteiger partial charge in [0.15, 0.2) is 0 Å². The molecule has 0 amide bonds. The second-order valence-corrected chi connectivity index (χ2v) is 9.22. The van der Waals surface area contributed by atoms with Gasteiger partial charge in [-0.1, -0.05) is 0 Å². The molecule has 2 unspecified atom stereocenters. The summed E-state index contributed by atoms with van der Waals surface area (Å²) < 4.78 is 239. The van der Waals surface area contributed by atoms with Gasteiger partial charge in [-0.15, -0.1) is 0 Å². The fraction of sp³-hybridized carbons (Fsp3) is 0.750. The highest BCUT2D eigenvalue weighted by Crippen LogP contribution is 2.58. The molecule has 0 radical (unpaired) electrons. The monoisotopic (exact) mass is 801 g/mol. The Hall–Kier alpha value is -0.860. The molecule has 36 heavy (non-hydrogen) atoms. The molecule has 1 aromatic heterocycles. The van der Waals surface area contributed by atoms with Crippen LogP contribution in [0.1, 0.15) is 17.5 Å². The van der Waals surface area contributed by atoms with Crippen LogP contribution in [0.5, 0.6) is 0 Å². The van der Waals surface area contributed by atoms with E-state index in [0.29, 0.717) is 0 Å². The number of alkyl halides is 21. The Morgan fingerprint density at radius 1 is 0.361 bits per heavy atom. The fourth-order valence-corrected chi connectivity index (χ4v) is 2.23. The van der Waals surface area contributed by atoms with Crippen molar-refractivity contribution in [2.24, 2.45) is 0 Å². The Kier molecular flexibility index (Phi) is 8.14. The van der Waals surface area contributed by atoms with E-state index in [1.807, 2.05) is 0 Å². The molecule has 3 nitrogen and oxygen atoms in total. The third kappa shape index (κ3) is 4.95. The second kappa shape index (κ2) is 8.84. The van der Waals surface area contributed by atoms with E-state index in [9.17, 15) is 83.4 Å². The van der Waals surface area contributed by atoms with Crippen molar-refractivity contribution in [3.63, 3.8) is 0 Å². The molecule has 1 aromatic rings. The molecule has 0 aliphatic heterocycles. The maximum atomic E-state index is 14.2. The molecule has 0 fully saturated rings. The molecule has 0 aliphatic rings. The van der Waals surface area contributed by atoms with Crippen LogP contribution >= 0.6 is 45.2 Å². The maximum absolute atomic E-state index is 14.2. The van der Waals surface area contributed by atoms with Crippen LogP contribution in [-0.2, 0) is 17.8 Å². The van der Waals surface area contributed by atoms with Crippen molar-refractivity contribution in [3.8, 4) is 0 Å². The Morgan fingerprint density at radius 3 is 0.778 bits per heavy atom. The highest BCUT2D eigenvalue weighted by Gasteiger charge is 2.77. The van der Waals surface area contributed by atoms with Gasteiger partial charge in [0.05, 0.1) is 0 Å². The highest BCUT2D eigenvalue weighted by atomic mass is 127. The van der Waals surface area contributed by atoms with Crippen LogP contribution in [-0.4, -0.2) is 46.8 Å².